The van der Waals surface area contributed by atoms with E-state index in [-0.39, 0.29) is 0 Å². The summed E-state index contributed by atoms with van der Waals surface area (Å²) >= 11 is 0. The fourth-order valence-corrected chi connectivity index (χ4v) is 3.10. The van der Waals surface area contributed by atoms with Crippen LogP contribution in [-0.2, 0) is 0 Å². The zero-order valence-electron chi connectivity index (χ0n) is 10.8. The molecule has 0 heterocycles. The van der Waals surface area contributed by atoms with Crippen molar-refractivity contribution in [3.8, 4) is 0 Å². The summed E-state index contributed by atoms with van der Waals surface area (Å²) < 4.78 is 0. The molecule has 0 bridgehead atoms. The van der Waals surface area contributed by atoms with Crippen molar-refractivity contribution in [2.24, 2.45) is 23.2 Å². The topological polar surface area (TPSA) is 0 Å². The van der Waals surface area contributed by atoms with Crippen LogP contribution in [0.4, 0.5) is 0 Å². The highest BCUT2D eigenvalue weighted by atomic mass is 14.4. The van der Waals surface area contributed by atoms with Crippen LogP contribution in [0.5, 0.6) is 0 Å². The quantitative estimate of drug-likeness (QED) is 0.580. The third-order valence-corrected chi connectivity index (χ3v) is 4.38. The molecule has 1 aliphatic carbocycles. The first-order valence-corrected chi connectivity index (χ1v) is 6.19. The van der Waals surface area contributed by atoms with Crippen molar-refractivity contribution < 1.29 is 0 Å². The fourth-order valence-electron chi connectivity index (χ4n) is 3.10. The molecular weight excluding hydrogens is 180 g/mol. The normalized spacial score (nSPS) is 36.6. The van der Waals surface area contributed by atoms with E-state index in [4.69, 9.17) is 0 Å². The van der Waals surface area contributed by atoms with E-state index in [1.165, 1.54) is 24.8 Å². The summed E-state index contributed by atoms with van der Waals surface area (Å²) in [4.78, 5) is 0. The summed E-state index contributed by atoms with van der Waals surface area (Å²) in [5, 5.41) is 0. The van der Waals surface area contributed by atoms with Gasteiger partial charge in [0.05, 0.1) is 0 Å². The molecule has 0 saturated heterocycles. The van der Waals surface area contributed by atoms with Crippen LogP contribution < -0.4 is 0 Å². The van der Waals surface area contributed by atoms with E-state index in [1.54, 1.807) is 0 Å². The first kappa shape index (κ1) is 12.5. The van der Waals surface area contributed by atoms with E-state index in [2.05, 4.69) is 46.9 Å². The van der Waals surface area contributed by atoms with Gasteiger partial charge in [0.15, 0.2) is 0 Å². The lowest BCUT2D eigenvalue weighted by Gasteiger charge is -2.45. The van der Waals surface area contributed by atoms with Crippen molar-refractivity contribution in [3.05, 3.63) is 24.8 Å². The van der Waals surface area contributed by atoms with Crippen LogP contribution in [0.25, 0.3) is 0 Å². The lowest BCUT2D eigenvalue weighted by Crippen LogP contribution is -2.36. The van der Waals surface area contributed by atoms with Crippen molar-refractivity contribution in [1.82, 2.24) is 0 Å². The Bertz CT molecular complexity index is 249. The van der Waals surface area contributed by atoms with Crippen molar-refractivity contribution in [2.75, 3.05) is 0 Å². The van der Waals surface area contributed by atoms with Gasteiger partial charge in [-0.2, -0.15) is 0 Å². The average molecular weight is 206 g/mol. The van der Waals surface area contributed by atoms with Crippen molar-refractivity contribution in [2.45, 2.75) is 47.0 Å². The van der Waals surface area contributed by atoms with E-state index in [0.29, 0.717) is 5.41 Å². The van der Waals surface area contributed by atoms with Gasteiger partial charge < -0.3 is 0 Å². The molecule has 1 rings (SSSR count). The third-order valence-electron chi connectivity index (χ3n) is 4.38. The number of allylic oxidation sites excluding steroid dienone is 2. The Labute approximate surface area is 95.5 Å². The minimum atomic E-state index is 0.347. The molecule has 0 aliphatic heterocycles. The smallest absolute Gasteiger partial charge is 0.0118 e. The summed E-state index contributed by atoms with van der Waals surface area (Å²) in [6, 6.07) is 0. The van der Waals surface area contributed by atoms with Crippen LogP contribution in [0.15, 0.2) is 24.8 Å². The first-order chi connectivity index (χ1) is 6.90. The highest BCUT2D eigenvalue weighted by Gasteiger charge is 2.39. The lowest BCUT2D eigenvalue weighted by atomic mass is 9.60. The zero-order chi connectivity index (χ0) is 11.6. The molecule has 0 aromatic carbocycles. The van der Waals surface area contributed by atoms with Gasteiger partial charge in [0.2, 0.25) is 0 Å². The minimum absolute atomic E-state index is 0.347. The summed E-state index contributed by atoms with van der Waals surface area (Å²) in [7, 11) is 0. The molecule has 3 unspecified atom stereocenters. The standard InChI is InChI=1S/C15H26/c1-7-15(6)9-8-13(11(2)3)10-14(15)12(4)5/h7,12-14H,1-2,8-10H2,3-6H3. The van der Waals surface area contributed by atoms with Crippen molar-refractivity contribution in [3.63, 3.8) is 0 Å². The van der Waals surface area contributed by atoms with Gasteiger partial charge >= 0.3 is 0 Å². The molecule has 0 spiro atoms. The highest BCUT2D eigenvalue weighted by Crippen LogP contribution is 2.48. The van der Waals surface area contributed by atoms with Crippen molar-refractivity contribution >= 4 is 0 Å². The Kier molecular flexibility index (Phi) is 3.81. The van der Waals surface area contributed by atoms with Crippen LogP contribution in [0.3, 0.4) is 0 Å². The molecule has 3 atom stereocenters. The third kappa shape index (κ3) is 2.53. The van der Waals surface area contributed by atoms with E-state index in [0.717, 1.165) is 17.8 Å². The lowest BCUT2D eigenvalue weighted by molar-refractivity contribution is 0.0990. The first-order valence-electron chi connectivity index (χ1n) is 6.19. The predicted octanol–water partition coefficient (Wildman–Crippen LogP) is 4.83. The molecule has 1 saturated carbocycles. The van der Waals surface area contributed by atoms with Gasteiger partial charge in [-0.25, -0.2) is 0 Å². The number of hydrogen-bond acceptors (Lipinski definition) is 0. The van der Waals surface area contributed by atoms with Crippen molar-refractivity contribution in [1.29, 1.82) is 0 Å². The Hall–Kier alpha value is -0.520. The molecule has 0 radical (unpaired) electrons. The highest BCUT2D eigenvalue weighted by molar-refractivity contribution is 5.07. The maximum Gasteiger partial charge on any atom is -0.0118 e. The van der Waals surface area contributed by atoms with E-state index in [1.807, 2.05) is 0 Å². The molecular formula is C15H26. The molecule has 0 nitrogen and oxygen atoms in total. The summed E-state index contributed by atoms with van der Waals surface area (Å²) in [5.74, 6) is 2.26. The van der Waals surface area contributed by atoms with Crippen LogP contribution in [0.1, 0.15) is 47.0 Å². The van der Waals surface area contributed by atoms with Crippen LogP contribution in [0, 0.1) is 23.2 Å². The van der Waals surface area contributed by atoms with E-state index >= 15 is 0 Å². The van der Waals surface area contributed by atoms with Gasteiger partial charge in [0.1, 0.15) is 0 Å². The second kappa shape index (κ2) is 4.55. The van der Waals surface area contributed by atoms with E-state index < -0.39 is 0 Å². The Morgan fingerprint density at radius 3 is 2.47 bits per heavy atom. The minimum Gasteiger partial charge on any atom is -0.103 e. The molecule has 0 N–H and O–H groups in total. The van der Waals surface area contributed by atoms with Crippen LogP contribution in [-0.4, -0.2) is 0 Å². The second-order valence-electron chi connectivity index (χ2n) is 5.88. The molecule has 15 heavy (non-hydrogen) atoms. The van der Waals surface area contributed by atoms with Gasteiger partial charge in [-0.15, -0.1) is 6.58 Å². The Morgan fingerprint density at radius 1 is 1.47 bits per heavy atom. The molecule has 1 aliphatic rings. The molecule has 1 fully saturated rings. The van der Waals surface area contributed by atoms with Gasteiger partial charge in [-0.3, -0.25) is 0 Å². The second-order valence-corrected chi connectivity index (χ2v) is 5.88. The van der Waals surface area contributed by atoms with Gasteiger partial charge in [-0.1, -0.05) is 39.0 Å². The van der Waals surface area contributed by atoms with Crippen LogP contribution >= 0.6 is 0 Å². The van der Waals surface area contributed by atoms with Gasteiger partial charge in [0.25, 0.3) is 0 Å². The van der Waals surface area contributed by atoms with Gasteiger partial charge in [0, 0.05) is 0 Å². The zero-order valence-corrected chi connectivity index (χ0v) is 10.8. The maximum absolute atomic E-state index is 4.12. The molecule has 86 valence electrons. The summed E-state index contributed by atoms with van der Waals surface area (Å²) in [5.41, 5.74) is 1.71. The largest absolute Gasteiger partial charge is 0.103 e. The molecule has 0 heteroatoms. The molecule has 0 amide bonds. The summed E-state index contributed by atoms with van der Waals surface area (Å²) in [6.45, 7) is 17.4. The fraction of sp³-hybridized carbons (Fsp3) is 0.733. The van der Waals surface area contributed by atoms with E-state index in [9.17, 15) is 0 Å². The predicted molar refractivity (Wildman–Crippen MR) is 68.8 cm³/mol. The average Bonchev–Trinajstić information content (AvgIpc) is 2.17. The summed E-state index contributed by atoms with van der Waals surface area (Å²) in [6.07, 6.45) is 6.06. The monoisotopic (exact) mass is 206 g/mol. The SMILES string of the molecule is C=CC1(C)CCC(C(=C)C)CC1C(C)C. The molecule has 0 aromatic rings. The number of hydrogen-bond donors (Lipinski definition) is 0. The Morgan fingerprint density at radius 2 is 2.07 bits per heavy atom. The van der Waals surface area contributed by atoms with Gasteiger partial charge in [-0.05, 0) is 49.4 Å². The number of rotatable bonds is 3. The molecule has 0 aromatic heterocycles. The maximum atomic E-state index is 4.12. The Balaban J connectivity index is 2.83. The van der Waals surface area contributed by atoms with Crippen LogP contribution in [0.2, 0.25) is 0 Å².